The van der Waals surface area contributed by atoms with Crippen LogP contribution in [-0.4, -0.2) is 65.0 Å². The second-order valence-electron chi connectivity index (χ2n) is 8.32. The Hall–Kier alpha value is -3.30. The first-order chi connectivity index (χ1) is 16.4. The van der Waals surface area contributed by atoms with E-state index in [1.807, 2.05) is 4.90 Å². The number of piperidine rings is 1. The Morgan fingerprint density at radius 3 is 2.88 bits per heavy atom. The van der Waals surface area contributed by atoms with Gasteiger partial charge in [-0.2, -0.15) is 4.98 Å². The summed E-state index contributed by atoms with van der Waals surface area (Å²) in [5.41, 5.74) is 1.06. The number of likely N-dealkylation sites (N-methyl/N-ethyl adjacent to an activating group) is 1. The smallest absolute Gasteiger partial charge is 0.244 e. The van der Waals surface area contributed by atoms with Gasteiger partial charge in [-0.1, -0.05) is 41.0 Å². The number of aromatic nitrogens is 2. The lowest BCUT2D eigenvalue weighted by Crippen LogP contribution is -2.44. The Bertz CT molecular complexity index is 1170. The largest absolute Gasteiger partial charge is 0.339 e. The molecule has 1 aromatic heterocycles. The van der Waals surface area contributed by atoms with Gasteiger partial charge in [-0.05, 0) is 43.7 Å². The molecule has 4 rings (SSSR count). The van der Waals surface area contributed by atoms with Crippen molar-refractivity contribution in [3.63, 3.8) is 0 Å². The van der Waals surface area contributed by atoms with Gasteiger partial charge < -0.3 is 14.7 Å². The number of carbonyl (C=O) groups is 2. The van der Waals surface area contributed by atoms with Crippen molar-refractivity contribution in [2.75, 3.05) is 38.5 Å². The van der Waals surface area contributed by atoms with E-state index in [9.17, 15) is 14.0 Å². The second-order valence-corrected chi connectivity index (χ2v) is 8.73. The number of nitrogens with one attached hydrogen (secondary N) is 1. The molecule has 2 amide bonds. The molecule has 1 saturated heterocycles. The fourth-order valence-electron chi connectivity index (χ4n) is 3.91. The molecule has 1 fully saturated rings. The number of para-hydroxylation sites is 1. The van der Waals surface area contributed by atoms with Crippen LogP contribution in [0.1, 0.15) is 24.7 Å². The number of benzene rings is 2. The number of rotatable bonds is 7. The van der Waals surface area contributed by atoms with E-state index in [0.29, 0.717) is 34.5 Å². The number of hydrogen-bond acceptors (Lipinski definition) is 6. The van der Waals surface area contributed by atoms with E-state index in [1.54, 1.807) is 43.4 Å². The zero-order valence-electron chi connectivity index (χ0n) is 18.7. The van der Waals surface area contributed by atoms with Crippen molar-refractivity contribution < 1.29 is 18.5 Å². The summed E-state index contributed by atoms with van der Waals surface area (Å²) >= 11 is 6.07. The van der Waals surface area contributed by atoms with E-state index in [2.05, 4.69) is 15.5 Å². The lowest BCUT2D eigenvalue weighted by Gasteiger charge is -2.31. The van der Waals surface area contributed by atoms with E-state index in [4.69, 9.17) is 16.1 Å². The van der Waals surface area contributed by atoms with Gasteiger partial charge in [-0.15, -0.1) is 0 Å². The first-order valence-electron chi connectivity index (χ1n) is 11.0. The average molecular weight is 486 g/mol. The summed E-state index contributed by atoms with van der Waals surface area (Å²) in [5, 5.41) is 7.14. The van der Waals surface area contributed by atoms with Crippen molar-refractivity contribution in [2.45, 2.75) is 18.8 Å². The van der Waals surface area contributed by atoms with Crippen molar-refractivity contribution in [3.8, 4) is 11.4 Å². The molecule has 2 heterocycles. The van der Waals surface area contributed by atoms with Crippen LogP contribution < -0.4 is 5.32 Å². The summed E-state index contributed by atoms with van der Waals surface area (Å²) in [6.45, 7) is 1.43. The number of anilines is 1. The average Bonchev–Trinajstić information content (AvgIpc) is 3.31. The summed E-state index contributed by atoms with van der Waals surface area (Å²) in [5.74, 6) is -0.0611. The highest BCUT2D eigenvalue weighted by atomic mass is 35.5. The predicted octanol–water partition coefficient (Wildman–Crippen LogP) is 3.81. The van der Waals surface area contributed by atoms with Gasteiger partial charge in [0.1, 0.15) is 5.82 Å². The third-order valence-electron chi connectivity index (χ3n) is 5.69. The van der Waals surface area contributed by atoms with E-state index in [0.717, 1.165) is 19.4 Å². The topological polar surface area (TPSA) is 91.6 Å². The van der Waals surface area contributed by atoms with Gasteiger partial charge in [0, 0.05) is 19.2 Å². The minimum absolute atomic E-state index is 0.0230. The molecule has 3 aromatic rings. The number of nitrogens with zero attached hydrogens (tertiary/aromatic N) is 4. The standard InChI is InChI=1S/C24H25ClFN5O3/c1-30(14-21(32)27-20-10-3-2-9-19(20)25)22(33)15-31-11-5-7-17(13-31)24-28-23(29-34-24)16-6-4-8-18(26)12-16/h2-4,6,8-10,12,17H,5,7,11,13-15H2,1H3,(H,27,32). The predicted molar refractivity (Wildman–Crippen MR) is 126 cm³/mol. The fourth-order valence-corrected chi connectivity index (χ4v) is 4.10. The van der Waals surface area contributed by atoms with Crippen LogP contribution in [-0.2, 0) is 9.59 Å². The molecule has 0 aliphatic carbocycles. The van der Waals surface area contributed by atoms with E-state index in [1.165, 1.54) is 17.0 Å². The minimum Gasteiger partial charge on any atom is -0.339 e. The van der Waals surface area contributed by atoms with Gasteiger partial charge in [0.15, 0.2) is 0 Å². The highest BCUT2D eigenvalue weighted by Crippen LogP contribution is 2.28. The summed E-state index contributed by atoms with van der Waals surface area (Å²) in [4.78, 5) is 32.9. The van der Waals surface area contributed by atoms with Gasteiger partial charge >= 0.3 is 0 Å². The van der Waals surface area contributed by atoms with Crippen LogP contribution in [0.5, 0.6) is 0 Å². The maximum atomic E-state index is 13.5. The summed E-state index contributed by atoms with van der Waals surface area (Å²) in [6, 6.07) is 13.0. The van der Waals surface area contributed by atoms with Crippen LogP contribution in [0, 0.1) is 5.82 Å². The zero-order chi connectivity index (χ0) is 24.1. The molecule has 1 aliphatic heterocycles. The van der Waals surface area contributed by atoms with Crippen LogP contribution in [0.4, 0.5) is 10.1 Å². The Morgan fingerprint density at radius 2 is 2.09 bits per heavy atom. The Kier molecular flexibility index (Phi) is 7.54. The van der Waals surface area contributed by atoms with E-state index in [-0.39, 0.29) is 36.6 Å². The summed E-state index contributed by atoms with van der Waals surface area (Å²) < 4.78 is 18.9. The maximum absolute atomic E-state index is 13.5. The van der Waals surface area contributed by atoms with Gasteiger partial charge in [-0.3, -0.25) is 14.5 Å². The molecule has 178 valence electrons. The van der Waals surface area contributed by atoms with Crippen molar-refractivity contribution >= 4 is 29.1 Å². The maximum Gasteiger partial charge on any atom is 0.244 e. The minimum atomic E-state index is -0.365. The molecule has 0 bridgehead atoms. The Labute approximate surface area is 201 Å². The Morgan fingerprint density at radius 1 is 1.26 bits per heavy atom. The quantitative estimate of drug-likeness (QED) is 0.547. The molecule has 1 N–H and O–H groups in total. The van der Waals surface area contributed by atoms with Gasteiger partial charge in [-0.25, -0.2) is 4.39 Å². The monoisotopic (exact) mass is 485 g/mol. The van der Waals surface area contributed by atoms with Crippen molar-refractivity contribution in [1.29, 1.82) is 0 Å². The van der Waals surface area contributed by atoms with E-state index < -0.39 is 0 Å². The number of carbonyl (C=O) groups excluding carboxylic acids is 2. The lowest BCUT2D eigenvalue weighted by atomic mass is 9.98. The molecule has 2 aromatic carbocycles. The fraction of sp³-hybridized carbons (Fsp3) is 0.333. The van der Waals surface area contributed by atoms with Crippen LogP contribution in [0.25, 0.3) is 11.4 Å². The number of hydrogen-bond donors (Lipinski definition) is 1. The van der Waals surface area contributed by atoms with E-state index >= 15 is 0 Å². The second kappa shape index (κ2) is 10.8. The highest BCUT2D eigenvalue weighted by molar-refractivity contribution is 6.33. The summed E-state index contributed by atoms with van der Waals surface area (Å²) in [6.07, 6.45) is 1.72. The van der Waals surface area contributed by atoms with Gasteiger partial charge in [0.25, 0.3) is 0 Å². The number of halogens is 2. The van der Waals surface area contributed by atoms with Crippen LogP contribution in [0.15, 0.2) is 53.1 Å². The van der Waals surface area contributed by atoms with Crippen molar-refractivity contribution in [3.05, 3.63) is 65.3 Å². The molecule has 1 aliphatic rings. The molecule has 0 saturated carbocycles. The van der Waals surface area contributed by atoms with Crippen molar-refractivity contribution in [1.82, 2.24) is 19.9 Å². The molecule has 1 unspecified atom stereocenters. The molecular weight excluding hydrogens is 461 g/mol. The molecule has 1 atom stereocenters. The molecule has 10 heteroatoms. The van der Waals surface area contributed by atoms with Crippen LogP contribution in [0.3, 0.4) is 0 Å². The number of likely N-dealkylation sites (tertiary alicyclic amines) is 1. The molecule has 8 nitrogen and oxygen atoms in total. The number of amides is 2. The first kappa shape index (κ1) is 23.8. The molecule has 34 heavy (non-hydrogen) atoms. The summed E-state index contributed by atoms with van der Waals surface area (Å²) in [7, 11) is 1.60. The van der Waals surface area contributed by atoms with Crippen LogP contribution >= 0.6 is 11.6 Å². The highest BCUT2D eigenvalue weighted by Gasteiger charge is 2.28. The molecule has 0 spiro atoms. The molecule has 0 radical (unpaired) electrons. The molecular formula is C24H25ClFN5O3. The van der Waals surface area contributed by atoms with Gasteiger partial charge in [0.2, 0.25) is 23.5 Å². The van der Waals surface area contributed by atoms with Crippen LogP contribution in [0.2, 0.25) is 5.02 Å². The zero-order valence-corrected chi connectivity index (χ0v) is 19.5. The first-order valence-corrected chi connectivity index (χ1v) is 11.4. The SMILES string of the molecule is CN(CC(=O)Nc1ccccc1Cl)C(=O)CN1CCCC(c2nc(-c3cccc(F)c3)no2)C1. The lowest BCUT2D eigenvalue weighted by molar-refractivity contribution is -0.134. The third kappa shape index (κ3) is 5.98. The Balaban J connectivity index is 1.31. The van der Waals surface area contributed by atoms with Crippen molar-refractivity contribution in [2.24, 2.45) is 0 Å². The van der Waals surface area contributed by atoms with Gasteiger partial charge in [0.05, 0.1) is 29.7 Å². The third-order valence-corrected chi connectivity index (χ3v) is 6.02. The normalized spacial score (nSPS) is 16.3.